The summed E-state index contributed by atoms with van der Waals surface area (Å²) >= 11 is 5.74. The Labute approximate surface area is 104 Å². The third-order valence-electron chi connectivity index (χ3n) is 2.14. The zero-order chi connectivity index (χ0) is 13.1. The highest BCUT2D eigenvalue weighted by Gasteiger charge is 2.21. The average molecular weight is 270 g/mol. The summed E-state index contributed by atoms with van der Waals surface area (Å²) in [4.78, 5) is 0. The van der Waals surface area contributed by atoms with Crippen LogP contribution in [0.1, 0.15) is 13.9 Å². The molecule has 0 saturated carbocycles. The van der Waals surface area contributed by atoms with E-state index >= 15 is 0 Å². The van der Waals surface area contributed by atoms with Gasteiger partial charge in [0.2, 0.25) is 0 Å². The highest BCUT2D eigenvalue weighted by atomic mass is 35.5. The van der Waals surface area contributed by atoms with E-state index in [1.807, 2.05) is 0 Å². The quantitative estimate of drug-likeness (QED) is 0.859. The second-order valence-electron chi connectivity index (χ2n) is 3.78. The molecule has 0 fully saturated rings. The van der Waals surface area contributed by atoms with Crippen molar-refractivity contribution in [3.05, 3.63) is 28.5 Å². The second-order valence-corrected chi connectivity index (χ2v) is 4.19. The fourth-order valence-electron chi connectivity index (χ4n) is 1.33. The lowest BCUT2D eigenvalue weighted by Gasteiger charge is -2.15. The Bertz CT molecular complexity index is 399. The first-order valence-corrected chi connectivity index (χ1v) is 5.42. The fourth-order valence-corrected chi connectivity index (χ4v) is 1.57. The van der Waals surface area contributed by atoms with Crippen LogP contribution < -0.4 is 5.32 Å². The third-order valence-corrected chi connectivity index (χ3v) is 2.49. The SMILES string of the molecule is CC(F)(F)CNc1ccc(Cl)c(CCO)c1F.[HH]. The van der Waals surface area contributed by atoms with E-state index in [0.29, 0.717) is 0 Å². The van der Waals surface area contributed by atoms with Gasteiger partial charge in [0.25, 0.3) is 5.92 Å². The highest BCUT2D eigenvalue weighted by molar-refractivity contribution is 6.31. The summed E-state index contributed by atoms with van der Waals surface area (Å²) in [7, 11) is 0. The van der Waals surface area contributed by atoms with E-state index in [-0.39, 0.29) is 30.7 Å². The largest absolute Gasteiger partial charge is 0.396 e. The minimum atomic E-state index is -2.93. The molecule has 0 bridgehead atoms. The molecule has 2 nitrogen and oxygen atoms in total. The highest BCUT2D eigenvalue weighted by Crippen LogP contribution is 2.26. The Hall–Kier alpha value is -0.940. The van der Waals surface area contributed by atoms with E-state index in [4.69, 9.17) is 16.7 Å². The predicted octanol–water partition coefficient (Wildman–Crippen LogP) is 3.33. The van der Waals surface area contributed by atoms with E-state index in [1.54, 1.807) is 0 Å². The number of halogens is 4. The van der Waals surface area contributed by atoms with E-state index in [0.717, 1.165) is 6.92 Å². The number of hydrogen-bond acceptors (Lipinski definition) is 2. The normalized spacial score (nSPS) is 11.6. The van der Waals surface area contributed by atoms with Gasteiger partial charge in [-0.3, -0.25) is 0 Å². The Balaban J connectivity index is 0.00000289. The van der Waals surface area contributed by atoms with Crippen LogP contribution in [0.2, 0.25) is 5.02 Å². The molecule has 6 heteroatoms. The molecule has 0 aromatic heterocycles. The molecule has 0 spiro atoms. The van der Waals surface area contributed by atoms with Gasteiger partial charge in [0, 0.05) is 25.5 Å². The first-order valence-electron chi connectivity index (χ1n) is 5.04. The molecule has 0 heterocycles. The van der Waals surface area contributed by atoms with E-state index < -0.39 is 18.3 Å². The number of anilines is 1. The summed E-state index contributed by atoms with van der Waals surface area (Å²) in [5.74, 6) is -3.63. The van der Waals surface area contributed by atoms with Crippen LogP contribution in [0.25, 0.3) is 0 Å². The molecule has 0 aliphatic carbocycles. The lowest BCUT2D eigenvalue weighted by atomic mass is 10.1. The summed E-state index contributed by atoms with van der Waals surface area (Å²) < 4.78 is 39.0. The van der Waals surface area contributed by atoms with Gasteiger partial charge in [-0.2, -0.15) is 0 Å². The van der Waals surface area contributed by atoms with Crippen LogP contribution in [-0.2, 0) is 6.42 Å². The minimum absolute atomic E-state index is 0. The van der Waals surface area contributed by atoms with Crippen molar-refractivity contribution >= 4 is 17.3 Å². The van der Waals surface area contributed by atoms with Gasteiger partial charge in [-0.25, -0.2) is 13.2 Å². The van der Waals surface area contributed by atoms with Crippen LogP contribution in [0.4, 0.5) is 18.9 Å². The van der Waals surface area contributed by atoms with Crippen LogP contribution in [0.15, 0.2) is 12.1 Å². The molecule has 0 atom stereocenters. The molecular weight excluding hydrogens is 255 g/mol. The number of hydrogen-bond donors (Lipinski definition) is 2. The molecule has 0 aliphatic rings. The molecule has 0 radical (unpaired) electrons. The lowest BCUT2D eigenvalue weighted by Crippen LogP contribution is -2.23. The van der Waals surface area contributed by atoms with Gasteiger partial charge in [0.1, 0.15) is 0 Å². The monoisotopic (exact) mass is 269 g/mol. The Morgan fingerprint density at radius 2 is 2.12 bits per heavy atom. The first-order chi connectivity index (χ1) is 7.85. The van der Waals surface area contributed by atoms with Gasteiger partial charge >= 0.3 is 0 Å². The zero-order valence-electron chi connectivity index (χ0n) is 9.24. The maximum absolute atomic E-state index is 13.8. The van der Waals surface area contributed by atoms with Gasteiger partial charge in [0.05, 0.1) is 12.2 Å². The number of aliphatic hydroxyl groups excluding tert-OH is 1. The lowest BCUT2D eigenvalue weighted by molar-refractivity contribution is 0.0367. The fraction of sp³-hybridized carbons (Fsp3) is 0.455. The molecule has 1 rings (SSSR count). The number of alkyl halides is 2. The van der Waals surface area contributed by atoms with Gasteiger partial charge < -0.3 is 10.4 Å². The van der Waals surface area contributed by atoms with E-state index in [9.17, 15) is 13.2 Å². The standard InChI is InChI=1S/C11H13ClF3NO.H2/c1-11(14,15)6-16-9-3-2-8(12)7(4-5-17)10(9)13;/h2-3,16-17H,4-6H2,1H3;1H. The third kappa shape index (κ3) is 4.09. The van der Waals surface area contributed by atoms with Crippen molar-refractivity contribution < 1.29 is 19.7 Å². The van der Waals surface area contributed by atoms with E-state index in [1.165, 1.54) is 12.1 Å². The van der Waals surface area contributed by atoms with Crippen molar-refractivity contribution in [3.63, 3.8) is 0 Å². The molecule has 0 saturated heterocycles. The Morgan fingerprint density at radius 3 is 2.65 bits per heavy atom. The van der Waals surface area contributed by atoms with Crippen molar-refractivity contribution in [2.24, 2.45) is 0 Å². The van der Waals surface area contributed by atoms with Crippen molar-refractivity contribution in [1.82, 2.24) is 0 Å². The summed E-state index contributed by atoms with van der Waals surface area (Å²) in [5.41, 5.74) is 0.0814. The van der Waals surface area contributed by atoms with Crippen LogP contribution in [0.5, 0.6) is 0 Å². The van der Waals surface area contributed by atoms with Crippen molar-refractivity contribution in [3.8, 4) is 0 Å². The number of aliphatic hydroxyl groups is 1. The predicted molar refractivity (Wildman–Crippen MR) is 63.4 cm³/mol. The van der Waals surface area contributed by atoms with Gasteiger partial charge in [-0.1, -0.05) is 11.6 Å². The molecule has 0 unspecified atom stereocenters. The molecule has 17 heavy (non-hydrogen) atoms. The molecule has 0 amide bonds. The molecule has 1 aromatic rings. The summed E-state index contributed by atoms with van der Waals surface area (Å²) in [6, 6.07) is 2.70. The molecule has 0 aliphatic heterocycles. The smallest absolute Gasteiger partial charge is 0.262 e. The zero-order valence-corrected chi connectivity index (χ0v) is 9.99. The topological polar surface area (TPSA) is 32.3 Å². The summed E-state index contributed by atoms with van der Waals surface area (Å²) in [6.45, 7) is -0.184. The van der Waals surface area contributed by atoms with Gasteiger partial charge in [-0.05, 0) is 18.6 Å². The summed E-state index contributed by atoms with van der Waals surface area (Å²) in [5, 5.41) is 11.2. The van der Waals surface area contributed by atoms with Crippen molar-refractivity contribution in [2.45, 2.75) is 19.3 Å². The molecular formula is C11H15ClF3NO. The number of nitrogens with one attached hydrogen (secondary N) is 1. The average Bonchev–Trinajstić information content (AvgIpc) is 2.22. The second kappa shape index (κ2) is 5.60. The van der Waals surface area contributed by atoms with Crippen molar-refractivity contribution in [2.75, 3.05) is 18.5 Å². The molecule has 98 valence electrons. The van der Waals surface area contributed by atoms with Gasteiger partial charge in [-0.15, -0.1) is 0 Å². The maximum Gasteiger partial charge on any atom is 0.262 e. The number of benzene rings is 1. The van der Waals surface area contributed by atoms with Crippen LogP contribution in [-0.4, -0.2) is 24.2 Å². The van der Waals surface area contributed by atoms with Crippen LogP contribution in [0, 0.1) is 5.82 Å². The maximum atomic E-state index is 13.8. The number of rotatable bonds is 5. The summed E-state index contributed by atoms with van der Waals surface area (Å²) in [6.07, 6.45) is 0.0443. The van der Waals surface area contributed by atoms with Crippen LogP contribution in [0.3, 0.4) is 0 Å². The first kappa shape index (κ1) is 14.1. The van der Waals surface area contributed by atoms with E-state index in [2.05, 4.69) is 5.32 Å². The van der Waals surface area contributed by atoms with Crippen molar-refractivity contribution in [1.29, 1.82) is 0 Å². The minimum Gasteiger partial charge on any atom is -0.396 e. The molecule has 2 N–H and O–H groups in total. The Morgan fingerprint density at radius 1 is 1.47 bits per heavy atom. The van der Waals surface area contributed by atoms with Crippen LogP contribution >= 0.6 is 11.6 Å². The molecule has 1 aromatic carbocycles. The Kier molecular flexibility index (Phi) is 4.65. The van der Waals surface area contributed by atoms with Gasteiger partial charge in [0.15, 0.2) is 5.82 Å².